The third-order valence-electron chi connectivity index (χ3n) is 0.861. The summed E-state index contributed by atoms with van der Waals surface area (Å²) in [7, 11) is 0. The average Bonchev–Trinajstić information content (AvgIpc) is 1.96. The van der Waals surface area contributed by atoms with E-state index in [2.05, 4.69) is 4.72 Å². The Morgan fingerprint density at radius 3 is 2.64 bits per heavy atom. The van der Waals surface area contributed by atoms with E-state index in [1.165, 1.54) is 0 Å². The Kier molecular flexibility index (Phi) is 8.08. The van der Waals surface area contributed by atoms with Gasteiger partial charge in [0.2, 0.25) is 11.3 Å². The standard InChI is InChI=1S/C5H13NO4S/c1-2-9-3-4-10-5-6-11(7)8/h6H,2-5H2,1H3,(H,7,8). The lowest BCUT2D eigenvalue weighted by Gasteiger charge is -2.02. The van der Waals surface area contributed by atoms with E-state index >= 15 is 0 Å². The van der Waals surface area contributed by atoms with E-state index in [1.54, 1.807) is 0 Å². The summed E-state index contributed by atoms with van der Waals surface area (Å²) in [5.74, 6) is 0. The minimum absolute atomic E-state index is 0.0657. The highest BCUT2D eigenvalue weighted by molar-refractivity contribution is 7.77. The summed E-state index contributed by atoms with van der Waals surface area (Å²) in [6.45, 7) is 3.55. The molecule has 0 spiro atoms. The zero-order chi connectivity index (χ0) is 8.53. The molecule has 0 aromatic rings. The molecule has 5 nitrogen and oxygen atoms in total. The van der Waals surface area contributed by atoms with E-state index in [0.717, 1.165) is 0 Å². The van der Waals surface area contributed by atoms with E-state index in [0.29, 0.717) is 19.8 Å². The molecule has 68 valence electrons. The van der Waals surface area contributed by atoms with Crippen molar-refractivity contribution in [3.63, 3.8) is 0 Å². The van der Waals surface area contributed by atoms with Gasteiger partial charge in [-0.3, -0.25) is 4.55 Å². The molecule has 1 unspecified atom stereocenters. The maximum Gasteiger partial charge on any atom is 0.233 e. The highest BCUT2D eigenvalue weighted by atomic mass is 32.2. The number of hydrogen-bond donors (Lipinski definition) is 2. The van der Waals surface area contributed by atoms with Gasteiger partial charge in [-0.2, -0.15) is 4.72 Å². The fourth-order valence-corrected chi connectivity index (χ4v) is 0.611. The lowest BCUT2D eigenvalue weighted by Crippen LogP contribution is -2.21. The molecule has 2 N–H and O–H groups in total. The molecule has 0 bridgehead atoms. The normalized spacial score (nSPS) is 13.3. The Balaban J connectivity index is 2.85. The van der Waals surface area contributed by atoms with Gasteiger partial charge in [0.15, 0.2) is 0 Å². The smallest absolute Gasteiger partial charge is 0.233 e. The second-order valence-electron chi connectivity index (χ2n) is 1.64. The predicted molar refractivity (Wildman–Crippen MR) is 41.2 cm³/mol. The molecule has 0 saturated heterocycles. The van der Waals surface area contributed by atoms with Gasteiger partial charge in [-0.1, -0.05) is 0 Å². The van der Waals surface area contributed by atoms with Gasteiger partial charge in [0.25, 0.3) is 0 Å². The molecule has 0 aliphatic heterocycles. The Morgan fingerprint density at radius 2 is 2.09 bits per heavy atom. The van der Waals surface area contributed by atoms with Crippen LogP contribution in [0.3, 0.4) is 0 Å². The summed E-state index contributed by atoms with van der Waals surface area (Å²) in [6, 6.07) is 0. The zero-order valence-electron chi connectivity index (χ0n) is 6.41. The highest BCUT2D eigenvalue weighted by Crippen LogP contribution is 1.76. The van der Waals surface area contributed by atoms with Crippen molar-refractivity contribution in [2.75, 3.05) is 26.6 Å². The van der Waals surface area contributed by atoms with Crippen LogP contribution >= 0.6 is 0 Å². The number of nitrogens with one attached hydrogen (secondary N) is 1. The van der Waals surface area contributed by atoms with Crippen LogP contribution in [0.4, 0.5) is 0 Å². The lowest BCUT2D eigenvalue weighted by atomic mass is 10.7. The maximum atomic E-state index is 9.98. The predicted octanol–water partition coefficient (Wildman–Crippen LogP) is -0.277. The Morgan fingerprint density at radius 1 is 1.45 bits per heavy atom. The molecule has 6 heteroatoms. The fraction of sp³-hybridized carbons (Fsp3) is 1.00. The van der Waals surface area contributed by atoms with Crippen LogP contribution in [0, 0.1) is 0 Å². The molecule has 11 heavy (non-hydrogen) atoms. The first-order chi connectivity index (χ1) is 5.27. The van der Waals surface area contributed by atoms with Gasteiger partial charge >= 0.3 is 0 Å². The van der Waals surface area contributed by atoms with Crippen LogP contribution < -0.4 is 4.72 Å². The molecule has 0 fully saturated rings. The summed E-state index contributed by atoms with van der Waals surface area (Å²) in [4.78, 5) is 0. The molecule has 0 aromatic carbocycles. The second-order valence-corrected chi connectivity index (χ2v) is 2.43. The average molecular weight is 183 g/mol. The van der Waals surface area contributed by atoms with E-state index in [9.17, 15) is 4.21 Å². The minimum atomic E-state index is -1.99. The molecule has 0 aliphatic carbocycles. The van der Waals surface area contributed by atoms with E-state index in [4.69, 9.17) is 14.0 Å². The van der Waals surface area contributed by atoms with E-state index < -0.39 is 11.3 Å². The highest BCUT2D eigenvalue weighted by Gasteiger charge is 1.90. The van der Waals surface area contributed by atoms with E-state index in [1.807, 2.05) is 6.92 Å². The SMILES string of the molecule is CCOCCOCNS(=O)O. The second kappa shape index (κ2) is 8.09. The molecule has 0 heterocycles. The third-order valence-corrected chi connectivity index (χ3v) is 1.23. The Bertz CT molecular complexity index is 111. The van der Waals surface area contributed by atoms with Crippen molar-refractivity contribution in [3.8, 4) is 0 Å². The van der Waals surface area contributed by atoms with Crippen LogP contribution in [-0.2, 0) is 20.7 Å². The van der Waals surface area contributed by atoms with Gasteiger partial charge in [-0.15, -0.1) is 0 Å². The van der Waals surface area contributed by atoms with Gasteiger partial charge in [0, 0.05) is 6.61 Å². The van der Waals surface area contributed by atoms with E-state index in [-0.39, 0.29) is 6.73 Å². The van der Waals surface area contributed by atoms with Crippen LogP contribution in [0.25, 0.3) is 0 Å². The van der Waals surface area contributed by atoms with Crippen molar-refractivity contribution < 1.29 is 18.2 Å². The molecule has 1 atom stereocenters. The van der Waals surface area contributed by atoms with Crippen LogP contribution in [0.2, 0.25) is 0 Å². The first kappa shape index (κ1) is 11.0. The van der Waals surface area contributed by atoms with Crippen molar-refractivity contribution in [1.82, 2.24) is 4.72 Å². The van der Waals surface area contributed by atoms with Gasteiger partial charge in [0.1, 0.15) is 6.73 Å². The first-order valence-corrected chi connectivity index (χ1v) is 4.38. The Hall–Kier alpha value is -0.0100. The molecule has 0 saturated carbocycles. The fourth-order valence-electron chi connectivity index (χ4n) is 0.426. The van der Waals surface area contributed by atoms with Gasteiger partial charge in [0.05, 0.1) is 13.2 Å². The van der Waals surface area contributed by atoms with Crippen LogP contribution in [-0.4, -0.2) is 35.3 Å². The van der Waals surface area contributed by atoms with Crippen LogP contribution in [0.5, 0.6) is 0 Å². The largest absolute Gasteiger partial charge is 0.379 e. The summed E-state index contributed by atoms with van der Waals surface area (Å²) >= 11 is -1.99. The molecule has 0 aliphatic rings. The van der Waals surface area contributed by atoms with Crippen LogP contribution in [0.15, 0.2) is 0 Å². The number of ether oxygens (including phenoxy) is 2. The monoisotopic (exact) mass is 183 g/mol. The summed E-state index contributed by atoms with van der Waals surface area (Å²) < 4.78 is 30.2. The molecule has 0 rings (SSSR count). The number of rotatable bonds is 7. The molecule has 0 aromatic heterocycles. The minimum Gasteiger partial charge on any atom is -0.379 e. The van der Waals surface area contributed by atoms with Gasteiger partial charge < -0.3 is 9.47 Å². The quantitative estimate of drug-likeness (QED) is 0.324. The topological polar surface area (TPSA) is 67.8 Å². The molecule has 0 radical (unpaired) electrons. The molecule has 0 amide bonds. The van der Waals surface area contributed by atoms with Crippen molar-refractivity contribution in [2.24, 2.45) is 0 Å². The first-order valence-electron chi connectivity index (χ1n) is 3.27. The Labute approximate surface area is 68.5 Å². The molecular weight excluding hydrogens is 170 g/mol. The van der Waals surface area contributed by atoms with Crippen LogP contribution in [0.1, 0.15) is 6.92 Å². The summed E-state index contributed by atoms with van der Waals surface area (Å²) in [6.07, 6.45) is 0. The molecular formula is C5H13NO4S. The maximum absolute atomic E-state index is 9.98. The van der Waals surface area contributed by atoms with Crippen molar-refractivity contribution in [3.05, 3.63) is 0 Å². The zero-order valence-corrected chi connectivity index (χ0v) is 7.23. The lowest BCUT2D eigenvalue weighted by molar-refractivity contribution is 0.0512. The number of hydrogen-bond acceptors (Lipinski definition) is 3. The van der Waals surface area contributed by atoms with Gasteiger partial charge in [-0.25, -0.2) is 4.21 Å². The van der Waals surface area contributed by atoms with Crippen molar-refractivity contribution >= 4 is 11.3 Å². The van der Waals surface area contributed by atoms with Gasteiger partial charge in [-0.05, 0) is 6.92 Å². The van der Waals surface area contributed by atoms with Crippen molar-refractivity contribution in [1.29, 1.82) is 0 Å². The third kappa shape index (κ3) is 9.99. The summed E-state index contributed by atoms with van der Waals surface area (Å²) in [5, 5.41) is 0. The van der Waals surface area contributed by atoms with Crippen molar-refractivity contribution in [2.45, 2.75) is 6.92 Å². The summed E-state index contributed by atoms with van der Waals surface area (Å²) in [5.41, 5.74) is 0.